The zero-order valence-electron chi connectivity index (χ0n) is 23.5. The minimum absolute atomic E-state index is 0.0641. The Morgan fingerprint density at radius 2 is 1.86 bits per heavy atom. The molecule has 0 aromatic rings. The minimum Gasteiger partial charge on any atom is -0.462 e. The van der Waals surface area contributed by atoms with Crippen LogP contribution in [0.1, 0.15) is 99.3 Å². The number of ether oxygens (including phenoxy) is 1. The van der Waals surface area contributed by atoms with Gasteiger partial charge in [0.15, 0.2) is 0 Å². The van der Waals surface area contributed by atoms with Crippen LogP contribution in [-0.4, -0.2) is 46.7 Å². The van der Waals surface area contributed by atoms with Crippen molar-refractivity contribution < 1.29 is 19.4 Å². The van der Waals surface area contributed by atoms with Crippen LogP contribution in [0, 0.1) is 46.3 Å². The van der Waals surface area contributed by atoms with Crippen molar-refractivity contribution in [2.75, 3.05) is 6.54 Å². The molecule has 0 unspecified atom stereocenters. The summed E-state index contributed by atoms with van der Waals surface area (Å²) in [5.41, 5.74) is 1.82. The summed E-state index contributed by atoms with van der Waals surface area (Å²) in [6.45, 7) is 13.7. The highest BCUT2D eigenvalue weighted by molar-refractivity contribution is 5.73. The quantitative estimate of drug-likeness (QED) is 0.397. The van der Waals surface area contributed by atoms with Crippen LogP contribution >= 0.6 is 0 Å². The van der Waals surface area contributed by atoms with Crippen LogP contribution in [0.15, 0.2) is 11.6 Å². The predicted molar refractivity (Wildman–Crippen MR) is 141 cm³/mol. The standard InChI is InChI=1S/C31H49NO4/c1-18-7-10-27(32(17-18)20(3)33)19(2)29-28(36-21(4)34)16-26-24-9-8-22-15-23(35)11-13-30(22,5)25(24)12-14-31(26,29)6/h8,18-19,23-29,35H,7,9-17H2,1-6H3/t18-,19-,23+,24-,25+,26+,27+,28+,29+,30+,31+/m1/s1. The van der Waals surface area contributed by atoms with Gasteiger partial charge in [0.1, 0.15) is 6.10 Å². The normalized spacial score (nSPS) is 47.2. The van der Waals surface area contributed by atoms with E-state index in [0.717, 1.165) is 51.5 Å². The number of hydrogen-bond acceptors (Lipinski definition) is 4. The second-order valence-electron chi connectivity index (χ2n) is 13.9. The lowest BCUT2D eigenvalue weighted by atomic mass is 9.47. The molecule has 11 atom stereocenters. The highest BCUT2D eigenvalue weighted by Gasteiger charge is 2.63. The van der Waals surface area contributed by atoms with Crippen LogP contribution in [0.4, 0.5) is 0 Å². The lowest BCUT2D eigenvalue weighted by Gasteiger charge is -2.58. The predicted octanol–water partition coefficient (Wildman–Crippen LogP) is 5.75. The molecule has 1 N–H and O–H groups in total. The molecule has 1 heterocycles. The Bertz CT molecular complexity index is 914. The Kier molecular flexibility index (Phi) is 6.88. The summed E-state index contributed by atoms with van der Waals surface area (Å²) < 4.78 is 6.14. The number of piperidine rings is 1. The molecule has 4 aliphatic carbocycles. The number of amides is 1. The van der Waals surface area contributed by atoms with Gasteiger partial charge in [-0.2, -0.15) is 0 Å². The number of allylic oxidation sites excluding steroid dienone is 1. The SMILES string of the molecule is CC(=O)O[C@H]1C[C@H]2[C@@H]3CC=C4C[C@@H](O)CC[C@]4(C)[C@H]3CC[C@]2(C)[C@H]1[C@H](C)[C@@H]1CC[C@@H](C)CN1C(C)=O. The van der Waals surface area contributed by atoms with E-state index in [-0.39, 0.29) is 46.9 Å². The topological polar surface area (TPSA) is 66.8 Å². The van der Waals surface area contributed by atoms with Gasteiger partial charge in [-0.25, -0.2) is 0 Å². The molecule has 5 aliphatic rings. The fraction of sp³-hybridized carbons (Fsp3) is 0.871. The maximum atomic E-state index is 12.7. The summed E-state index contributed by atoms with van der Waals surface area (Å²) in [6.07, 6.45) is 11.7. The maximum absolute atomic E-state index is 12.7. The van der Waals surface area contributed by atoms with Gasteiger partial charge >= 0.3 is 5.97 Å². The van der Waals surface area contributed by atoms with Crippen molar-refractivity contribution >= 4 is 11.9 Å². The third kappa shape index (κ3) is 4.16. The number of esters is 1. The molecule has 1 aliphatic heterocycles. The second-order valence-corrected chi connectivity index (χ2v) is 13.9. The highest BCUT2D eigenvalue weighted by atomic mass is 16.5. The molecule has 0 aromatic heterocycles. The lowest BCUT2D eigenvalue weighted by Crippen LogP contribution is -2.55. The molecule has 202 valence electrons. The number of nitrogens with zero attached hydrogens (tertiary/aromatic N) is 1. The molecule has 1 saturated heterocycles. The van der Waals surface area contributed by atoms with Crippen molar-refractivity contribution in [2.45, 2.75) is 118 Å². The third-order valence-corrected chi connectivity index (χ3v) is 11.9. The fourth-order valence-corrected chi connectivity index (χ4v) is 10.3. The summed E-state index contributed by atoms with van der Waals surface area (Å²) in [4.78, 5) is 27.1. The molecule has 5 nitrogen and oxygen atoms in total. The molecular formula is C31H49NO4. The Morgan fingerprint density at radius 1 is 1.11 bits per heavy atom. The van der Waals surface area contributed by atoms with Crippen LogP contribution in [0.5, 0.6) is 0 Å². The summed E-state index contributed by atoms with van der Waals surface area (Å²) in [7, 11) is 0. The first-order valence-electron chi connectivity index (χ1n) is 14.8. The van der Waals surface area contributed by atoms with Gasteiger partial charge in [0.05, 0.1) is 6.10 Å². The van der Waals surface area contributed by atoms with E-state index in [1.165, 1.54) is 18.4 Å². The van der Waals surface area contributed by atoms with Crippen LogP contribution in [0.25, 0.3) is 0 Å². The monoisotopic (exact) mass is 499 g/mol. The van der Waals surface area contributed by atoms with E-state index < -0.39 is 0 Å². The zero-order valence-corrected chi connectivity index (χ0v) is 23.5. The van der Waals surface area contributed by atoms with Crippen molar-refractivity contribution in [1.82, 2.24) is 4.90 Å². The number of carbonyl (C=O) groups is 2. The Morgan fingerprint density at radius 3 is 2.56 bits per heavy atom. The number of fused-ring (bicyclic) bond motifs is 5. The summed E-state index contributed by atoms with van der Waals surface area (Å²) in [6, 6.07) is 0.227. The Hall–Kier alpha value is -1.36. The van der Waals surface area contributed by atoms with Gasteiger partial charge < -0.3 is 14.7 Å². The van der Waals surface area contributed by atoms with Crippen molar-refractivity contribution in [1.29, 1.82) is 0 Å². The van der Waals surface area contributed by atoms with Gasteiger partial charge in [-0.05, 0) is 98.2 Å². The van der Waals surface area contributed by atoms with E-state index in [4.69, 9.17) is 4.74 Å². The summed E-state index contributed by atoms with van der Waals surface area (Å²) in [5, 5.41) is 10.3. The molecule has 36 heavy (non-hydrogen) atoms. The number of aliphatic hydroxyl groups is 1. The molecule has 5 rings (SSSR count). The smallest absolute Gasteiger partial charge is 0.302 e. The number of carbonyl (C=O) groups excluding carboxylic acids is 2. The molecular weight excluding hydrogens is 450 g/mol. The van der Waals surface area contributed by atoms with Gasteiger partial charge in [-0.1, -0.05) is 39.3 Å². The van der Waals surface area contributed by atoms with Crippen LogP contribution in [0.3, 0.4) is 0 Å². The van der Waals surface area contributed by atoms with E-state index in [0.29, 0.717) is 29.6 Å². The number of rotatable bonds is 3. The van der Waals surface area contributed by atoms with E-state index in [1.54, 1.807) is 13.8 Å². The number of hydrogen-bond donors (Lipinski definition) is 1. The first kappa shape index (κ1) is 26.3. The first-order valence-corrected chi connectivity index (χ1v) is 14.8. The molecule has 0 bridgehead atoms. The third-order valence-electron chi connectivity index (χ3n) is 11.9. The molecule has 4 fully saturated rings. The second kappa shape index (κ2) is 9.43. The van der Waals surface area contributed by atoms with E-state index in [2.05, 4.69) is 38.7 Å². The van der Waals surface area contributed by atoms with Crippen LogP contribution in [-0.2, 0) is 14.3 Å². The van der Waals surface area contributed by atoms with Gasteiger partial charge in [-0.15, -0.1) is 0 Å². The number of likely N-dealkylation sites (tertiary alicyclic amines) is 1. The van der Waals surface area contributed by atoms with Crippen molar-refractivity contribution in [3.05, 3.63) is 11.6 Å². The van der Waals surface area contributed by atoms with Crippen molar-refractivity contribution in [3.8, 4) is 0 Å². The minimum atomic E-state index is -0.178. The molecule has 0 aromatic carbocycles. The molecule has 0 radical (unpaired) electrons. The van der Waals surface area contributed by atoms with E-state index in [9.17, 15) is 14.7 Å². The van der Waals surface area contributed by atoms with Gasteiger partial charge in [-0.3, -0.25) is 9.59 Å². The van der Waals surface area contributed by atoms with Crippen LogP contribution < -0.4 is 0 Å². The maximum Gasteiger partial charge on any atom is 0.302 e. The average Bonchev–Trinajstić information content (AvgIpc) is 3.10. The van der Waals surface area contributed by atoms with Gasteiger partial charge in [0, 0.05) is 32.4 Å². The fourth-order valence-electron chi connectivity index (χ4n) is 10.3. The molecule has 5 heteroatoms. The lowest BCUT2D eigenvalue weighted by molar-refractivity contribution is -0.153. The van der Waals surface area contributed by atoms with E-state index in [1.807, 2.05) is 0 Å². The average molecular weight is 500 g/mol. The van der Waals surface area contributed by atoms with Gasteiger partial charge in [0.25, 0.3) is 0 Å². The van der Waals surface area contributed by atoms with Crippen molar-refractivity contribution in [3.63, 3.8) is 0 Å². The zero-order chi connectivity index (χ0) is 26.0. The largest absolute Gasteiger partial charge is 0.462 e. The van der Waals surface area contributed by atoms with Crippen LogP contribution in [0.2, 0.25) is 0 Å². The van der Waals surface area contributed by atoms with Crippen molar-refractivity contribution in [2.24, 2.45) is 46.3 Å². The molecule has 3 saturated carbocycles. The Labute approximate surface area is 218 Å². The van der Waals surface area contributed by atoms with E-state index >= 15 is 0 Å². The molecule has 0 spiro atoms. The number of aliphatic hydroxyl groups excluding tert-OH is 1. The molecule has 1 amide bonds. The summed E-state index contributed by atoms with van der Waals surface area (Å²) >= 11 is 0. The summed E-state index contributed by atoms with van der Waals surface area (Å²) in [5.74, 6) is 2.92. The van der Waals surface area contributed by atoms with Gasteiger partial charge in [0.2, 0.25) is 5.91 Å². The Balaban J connectivity index is 1.47. The highest BCUT2D eigenvalue weighted by Crippen LogP contribution is 2.68. The first-order chi connectivity index (χ1) is 17.0.